The largest absolute Gasteiger partial charge is 0.477 e. The van der Waals surface area contributed by atoms with Gasteiger partial charge < -0.3 is 9.84 Å². The van der Waals surface area contributed by atoms with Crippen molar-refractivity contribution < 1.29 is 14.6 Å². The number of carboxylic acid groups (broad SMARTS) is 1. The molecule has 0 aliphatic rings. The van der Waals surface area contributed by atoms with E-state index in [0.29, 0.717) is 10.7 Å². The molecular weight excluding hydrogens is 346 g/mol. The average molecular weight is 367 g/mol. The molecule has 3 aromatic rings. The number of carboxylic acids is 1. The summed E-state index contributed by atoms with van der Waals surface area (Å²) in [7, 11) is 0. The average Bonchev–Trinajstić information content (AvgIpc) is 2.97. The first-order valence-corrected chi connectivity index (χ1v) is 9.15. The Morgan fingerprint density at radius 1 is 1.00 bits per heavy atom. The van der Waals surface area contributed by atoms with Gasteiger partial charge in [0, 0.05) is 5.56 Å². The highest BCUT2D eigenvalue weighted by Crippen LogP contribution is 2.31. The number of thiazole rings is 1. The minimum Gasteiger partial charge on any atom is -0.477 e. The lowest BCUT2D eigenvalue weighted by Gasteiger charge is -2.19. The second kappa shape index (κ2) is 6.92. The van der Waals surface area contributed by atoms with Crippen LogP contribution in [-0.4, -0.2) is 16.1 Å². The van der Waals surface area contributed by atoms with Gasteiger partial charge in [0.15, 0.2) is 0 Å². The number of benzene rings is 2. The highest BCUT2D eigenvalue weighted by Gasteiger charge is 2.15. The maximum Gasteiger partial charge on any atom is 0.347 e. The number of hydrogen-bond donors (Lipinski definition) is 1. The molecule has 0 spiro atoms. The third kappa shape index (κ3) is 3.94. The smallest absolute Gasteiger partial charge is 0.347 e. The van der Waals surface area contributed by atoms with E-state index in [1.807, 2.05) is 36.4 Å². The first-order valence-electron chi connectivity index (χ1n) is 8.33. The van der Waals surface area contributed by atoms with Crippen LogP contribution < -0.4 is 4.74 Å². The number of aromatic nitrogens is 1. The van der Waals surface area contributed by atoms with E-state index in [4.69, 9.17) is 9.84 Å². The SMILES string of the molecule is Cc1nc(-c2ccc(Oc3ccc(C(C)(C)C)cc3)cc2)sc1C(=O)O. The van der Waals surface area contributed by atoms with Crippen LogP contribution in [-0.2, 0) is 5.41 Å². The standard InChI is InChI=1S/C21H21NO3S/c1-13-18(20(23)24)26-19(22-13)14-5-9-16(10-6-14)25-17-11-7-15(8-12-17)21(2,3)4/h5-12H,1-4H3,(H,23,24). The molecule has 0 unspecified atom stereocenters. The van der Waals surface area contributed by atoms with Gasteiger partial charge in [0.2, 0.25) is 0 Å². The number of carbonyl (C=O) groups is 1. The van der Waals surface area contributed by atoms with Gasteiger partial charge in [-0.1, -0.05) is 32.9 Å². The number of aryl methyl sites for hydroxylation is 1. The molecule has 0 bridgehead atoms. The van der Waals surface area contributed by atoms with Crippen LogP contribution in [0.25, 0.3) is 10.6 Å². The monoisotopic (exact) mass is 367 g/mol. The number of rotatable bonds is 4. The van der Waals surface area contributed by atoms with Crippen LogP contribution in [0.2, 0.25) is 0 Å². The van der Waals surface area contributed by atoms with Crippen LogP contribution in [0.4, 0.5) is 0 Å². The van der Waals surface area contributed by atoms with Crippen molar-refractivity contribution in [2.45, 2.75) is 33.1 Å². The first-order chi connectivity index (χ1) is 12.2. The van der Waals surface area contributed by atoms with Gasteiger partial charge in [-0.25, -0.2) is 9.78 Å². The summed E-state index contributed by atoms with van der Waals surface area (Å²) < 4.78 is 5.89. The summed E-state index contributed by atoms with van der Waals surface area (Å²) in [6.45, 7) is 8.25. The van der Waals surface area contributed by atoms with E-state index in [0.717, 1.165) is 17.1 Å². The van der Waals surface area contributed by atoms with Crippen molar-refractivity contribution in [1.29, 1.82) is 0 Å². The summed E-state index contributed by atoms with van der Waals surface area (Å²) >= 11 is 1.18. The second-order valence-corrected chi connectivity index (χ2v) is 8.14. The van der Waals surface area contributed by atoms with Gasteiger partial charge in [-0.15, -0.1) is 11.3 Å². The second-order valence-electron chi connectivity index (χ2n) is 7.14. The van der Waals surface area contributed by atoms with E-state index < -0.39 is 5.97 Å². The quantitative estimate of drug-likeness (QED) is 0.623. The molecule has 0 aliphatic heterocycles. The van der Waals surface area contributed by atoms with Gasteiger partial charge in [-0.2, -0.15) is 0 Å². The van der Waals surface area contributed by atoms with E-state index in [2.05, 4.69) is 37.9 Å². The number of hydrogen-bond acceptors (Lipinski definition) is 4. The summed E-state index contributed by atoms with van der Waals surface area (Å²) in [5, 5.41) is 9.85. The Morgan fingerprint density at radius 2 is 1.54 bits per heavy atom. The van der Waals surface area contributed by atoms with E-state index >= 15 is 0 Å². The molecule has 0 saturated carbocycles. The molecule has 0 fully saturated rings. The lowest BCUT2D eigenvalue weighted by molar-refractivity contribution is 0.0701. The number of ether oxygens (including phenoxy) is 1. The Kier molecular flexibility index (Phi) is 4.83. The summed E-state index contributed by atoms with van der Waals surface area (Å²) in [4.78, 5) is 15.8. The topological polar surface area (TPSA) is 59.4 Å². The zero-order valence-electron chi connectivity index (χ0n) is 15.2. The molecule has 1 heterocycles. The van der Waals surface area contributed by atoms with E-state index in [1.165, 1.54) is 16.9 Å². The van der Waals surface area contributed by atoms with Crippen LogP contribution in [0.5, 0.6) is 11.5 Å². The summed E-state index contributed by atoms with van der Waals surface area (Å²) in [5.41, 5.74) is 2.78. The molecule has 0 saturated heterocycles. The molecule has 26 heavy (non-hydrogen) atoms. The van der Waals surface area contributed by atoms with Crippen molar-refractivity contribution in [2.75, 3.05) is 0 Å². The van der Waals surface area contributed by atoms with Crippen molar-refractivity contribution in [3.8, 4) is 22.1 Å². The Morgan fingerprint density at radius 3 is 2.00 bits per heavy atom. The normalized spacial score (nSPS) is 11.4. The molecule has 134 valence electrons. The highest BCUT2D eigenvalue weighted by atomic mass is 32.1. The molecule has 5 heteroatoms. The van der Waals surface area contributed by atoms with E-state index in [1.54, 1.807) is 6.92 Å². The lowest BCUT2D eigenvalue weighted by atomic mass is 9.87. The van der Waals surface area contributed by atoms with Gasteiger partial charge >= 0.3 is 5.97 Å². The van der Waals surface area contributed by atoms with Crippen LogP contribution in [0, 0.1) is 6.92 Å². The van der Waals surface area contributed by atoms with Crippen molar-refractivity contribution in [1.82, 2.24) is 4.98 Å². The summed E-state index contributed by atoms with van der Waals surface area (Å²) in [6.07, 6.45) is 0. The zero-order chi connectivity index (χ0) is 18.9. The minimum absolute atomic E-state index is 0.112. The van der Waals surface area contributed by atoms with E-state index in [9.17, 15) is 4.79 Å². The van der Waals surface area contributed by atoms with Gasteiger partial charge in [0.1, 0.15) is 21.4 Å². The van der Waals surface area contributed by atoms with Crippen LogP contribution >= 0.6 is 11.3 Å². The predicted octanol–water partition coefficient (Wildman–Crippen LogP) is 5.91. The van der Waals surface area contributed by atoms with Crippen LogP contribution in [0.3, 0.4) is 0 Å². The van der Waals surface area contributed by atoms with Crippen molar-refractivity contribution in [2.24, 2.45) is 0 Å². The summed E-state index contributed by atoms with van der Waals surface area (Å²) in [5.74, 6) is 0.568. The molecule has 2 aromatic carbocycles. The fourth-order valence-corrected chi connectivity index (χ4v) is 3.45. The third-order valence-electron chi connectivity index (χ3n) is 4.05. The lowest BCUT2D eigenvalue weighted by Crippen LogP contribution is -2.10. The van der Waals surface area contributed by atoms with Gasteiger partial charge in [0.05, 0.1) is 5.69 Å². The Labute approximate surface area is 157 Å². The Bertz CT molecular complexity index is 919. The van der Waals surface area contributed by atoms with Crippen molar-refractivity contribution >= 4 is 17.3 Å². The Balaban J connectivity index is 1.76. The summed E-state index contributed by atoms with van der Waals surface area (Å²) in [6, 6.07) is 15.6. The molecule has 1 aromatic heterocycles. The van der Waals surface area contributed by atoms with Gasteiger partial charge in [-0.3, -0.25) is 0 Å². The maximum absolute atomic E-state index is 11.2. The number of aromatic carboxylic acids is 1. The zero-order valence-corrected chi connectivity index (χ0v) is 16.1. The molecule has 0 aliphatic carbocycles. The van der Waals surface area contributed by atoms with Crippen LogP contribution in [0.1, 0.15) is 41.7 Å². The fraction of sp³-hybridized carbons (Fsp3) is 0.238. The molecule has 0 amide bonds. The molecule has 0 radical (unpaired) electrons. The van der Waals surface area contributed by atoms with Crippen LogP contribution in [0.15, 0.2) is 48.5 Å². The minimum atomic E-state index is -0.940. The number of nitrogens with zero attached hydrogens (tertiary/aromatic N) is 1. The molecule has 3 rings (SSSR count). The first kappa shape index (κ1) is 18.1. The highest BCUT2D eigenvalue weighted by molar-refractivity contribution is 7.17. The molecule has 0 atom stereocenters. The molecule has 1 N–H and O–H groups in total. The van der Waals surface area contributed by atoms with Gasteiger partial charge in [-0.05, 0) is 54.3 Å². The third-order valence-corrected chi connectivity index (χ3v) is 5.24. The molecule has 4 nitrogen and oxygen atoms in total. The molecular formula is C21H21NO3S. The fourth-order valence-electron chi connectivity index (χ4n) is 2.54. The predicted molar refractivity (Wildman–Crippen MR) is 104 cm³/mol. The Hall–Kier alpha value is -2.66. The van der Waals surface area contributed by atoms with Crippen molar-refractivity contribution in [3.05, 3.63) is 64.7 Å². The van der Waals surface area contributed by atoms with E-state index in [-0.39, 0.29) is 10.3 Å². The maximum atomic E-state index is 11.2. The van der Waals surface area contributed by atoms with Gasteiger partial charge in [0.25, 0.3) is 0 Å². The van der Waals surface area contributed by atoms with Crippen molar-refractivity contribution in [3.63, 3.8) is 0 Å².